The number of anilines is 1. The molecule has 0 aliphatic heterocycles. The largest absolute Gasteiger partial charge is 0.478 e. The van der Waals surface area contributed by atoms with Gasteiger partial charge in [-0.15, -0.1) is 6.58 Å². The normalized spacial score (nSPS) is 9.67. The lowest BCUT2D eigenvalue weighted by Gasteiger charge is -2.08. The van der Waals surface area contributed by atoms with Gasteiger partial charge in [0.25, 0.3) is 0 Å². The Morgan fingerprint density at radius 3 is 2.93 bits per heavy atom. The average molecular weight is 209 g/mol. The van der Waals surface area contributed by atoms with Gasteiger partial charge in [-0.1, -0.05) is 6.08 Å². The van der Waals surface area contributed by atoms with Crippen LogP contribution in [0, 0.1) is 5.82 Å². The van der Waals surface area contributed by atoms with Gasteiger partial charge in [-0.05, 0) is 24.6 Å². The number of rotatable bonds is 5. The molecule has 1 aromatic carbocycles. The molecule has 1 rings (SSSR count). The third-order valence-electron chi connectivity index (χ3n) is 1.88. The van der Waals surface area contributed by atoms with E-state index in [2.05, 4.69) is 11.9 Å². The molecule has 0 aromatic heterocycles. The predicted molar refractivity (Wildman–Crippen MR) is 56.7 cm³/mol. The zero-order valence-electron chi connectivity index (χ0n) is 8.16. The van der Waals surface area contributed by atoms with Gasteiger partial charge in [0.05, 0.1) is 5.56 Å². The van der Waals surface area contributed by atoms with Gasteiger partial charge in [0, 0.05) is 12.2 Å². The third-order valence-corrected chi connectivity index (χ3v) is 1.88. The molecule has 4 heteroatoms. The maximum atomic E-state index is 12.8. The second-order valence-corrected chi connectivity index (χ2v) is 3.00. The summed E-state index contributed by atoms with van der Waals surface area (Å²) < 4.78 is 12.8. The molecular weight excluding hydrogens is 197 g/mol. The Labute approximate surface area is 87.2 Å². The van der Waals surface area contributed by atoms with Crippen LogP contribution in [0.25, 0.3) is 0 Å². The van der Waals surface area contributed by atoms with E-state index in [1.807, 2.05) is 0 Å². The van der Waals surface area contributed by atoms with Crippen LogP contribution >= 0.6 is 0 Å². The lowest BCUT2D eigenvalue weighted by molar-refractivity contribution is 0.0697. The smallest absolute Gasteiger partial charge is 0.337 e. The van der Waals surface area contributed by atoms with Crippen LogP contribution in [-0.2, 0) is 0 Å². The summed E-state index contributed by atoms with van der Waals surface area (Å²) in [5, 5.41) is 11.7. The van der Waals surface area contributed by atoms with E-state index in [9.17, 15) is 9.18 Å². The quantitative estimate of drug-likeness (QED) is 0.578. The van der Waals surface area contributed by atoms with Crippen LogP contribution in [-0.4, -0.2) is 17.6 Å². The van der Waals surface area contributed by atoms with Crippen molar-refractivity contribution >= 4 is 11.7 Å². The Bertz CT molecular complexity index is 377. The highest BCUT2D eigenvalue weighted by atomic mass is 19.1. The molecule has 0 aliphatic carbocycles. The lowest BCUT2D eigenvalue weighted by atomic mass is 10.1. The third kappa shape index (κ3) is 3.09. The highest BCUT2D eigenvalue weighted by molar-refractivity contribution is 5.94. The summed E-state index contributed by atoms with van der Waals surface area (Å²) in [6.07, 6.45) is 2.44. The fourth-order valence-electron chi connectivity index (χ4n) is 1.16. The van der Waals surface area contributed by atoms with Crippen LogP contribution in [0.1, 0.15) is 16.8 Å². The Balaban J connectivity index is 2.85. The monoisotopic (exact) mass is 209 g/mol. The van der Waals surface area contributed by atoms with E-state index in [1.54, 1.807) is 6.08 Å². The number of nitrogens with one attached hydrogen (secondary N) is 1. The SMILES string of the molecule is C=CCCNc1ccc(F)cc1C(=O)O. The van der Waals surface area contributed by atoms with Crippen LogP contribution in [0.5, 0.6) is 0 Å². The van der Waals surface area contributed by atoms with E-state index < -0.39 is 11.8 Å². The van der Waals surface area contributed by atoms with Crippen molar-refractivity contribution in [2.75, 3.05) is 11.9 Å². The number of benzene rings is 1. The van der Waals surface area contributed by atoms with Crippen LogP contribution in [0.2, 0.25) is 0 Å². The summed E-state index contributed by atoms with van der Waals surface area (Å²) in [6, 6.07) is 3.64. The maximum absolute atomic E-state index is 12.8. The van der Waals surface area contributed by atoms with E-state index in [0.29, 0.717) is 12.2 Å². The number of carboxylic acid groups (broad SMARTS) is 1. The number of hydrogen-bond donors (Lipinski definition) is 2. The van der Waals surface area contributed by atoms with E-state index in [1.165, 1.54) is 12.1 Å². The van der Waals surface area contributed by atoms with Gasteiger partial charge in [-0.25, -0.2) is 9.18 Å². The van der Waals surface area contributed by atoms with Gasteiger partial charge in [0.15, 0.2) is 0 Å². The van der Waals surface area contributed by atoms with Crippen molar-refractivity contribution in [1.82, 2.24) is 0 Å². The van der Waals surface area contributed by atoms with Crippen LogP contribution < -0.4 is 5.32 Å². The van der Waals surface area contributed by atoms with Crippen molar-refractivity contribution in [2.45, 2.75) is 6.42 Å². The number of carbonyl (C=O) groups is 1. The molecule has 0 fully saturated rings. The summed E-state index contributed by atoms with van der Waals surface area (Å²) in [4.78, 5) is 10.8. The molecule has 0 saturated heterocycles. The van der Waals surface area contributed by atoms with E-state index in [4.69, 9.17) is 5.11 Å². The average Bonchev–Trinajstić information content (AvgIpc) is 2.20. The van der Waals surface area contributed by atoms with Gasteiger partial charge in [-0.2, -0.15) is 0 Å². The van der Waals surface area contributed by atoms with Crippen molar-refractivity contribution in [3.05, 3.63) is 42.2 Å². The van der Waals surface area contributed by atoms with Gasteiger partial charge in [0.1, 0.15) is 5.82 Å². The molecule has 0 bridgehead atoms. The van der Waals surface area contributed by atoms with Gasteiger partial charge in [-0.3, -0.25) is 0 Å². The van der Waals surface area contributed by atoms with E-state index in [0.717, 1.165) is 12.5 Å². The number of aromatic carboxylic acids is 1. The molecule has 15 heavy (non-hydrogen) atoms. The number of hydrogen-bond acceptors (Lipinski definition) is 2. The van der Waals surface area contributed by atoms with Crippen LogP contribution in [0.15, 0.2) is 30.9 Å². The molecule has 0 amide bonds. The van der Waals surface area contributed by atoms with Gasteiger partial charge < -0.3 is 10.4 Å². The minimum atomic E-state index is -1.14. The molecule has 0 spiro atoms. The first-order chi connectivity index (χ1) is 7.15. The first-order valence-electron chi connectivity index (χ1n) is 4.52. The van der Waals surface area contributed by atoms with Crippen molar-refractivity contribution in [3.8, 4) is 0 Å². The molecule has 0 aliphatic rings. The summed E-state index contributed by atoms with van der Waals surface area (Å²) in [5.41, 5.74) is 0.366. The lowest BCUT2D eigenvalue weighted by Crippen LogP contribution is -2.07. The van der Waals surface area contributed by atoms with Crippen molar-refractivity contribution in [2.24, 2.45) is 0 Å². The maximum Gasteiger partial charge on any atom is 0.337 e. The zero-order valence-corrected chi connectivity index (χ0v) is 8.16. The standard InChI is InChI=1S/C11H12FNO2/c1-2-3-6-13-10-5-4-8(12)7-9(10)11(14)15/h2,4-5,7,13H,1,3,6H2,(H,14,15). The number of carboxylic acids is 1. The van der Waals surface area contributed by atoms with Gasteiger partial charge >= 0.3 is 5.97 Å². The topological polar surface area (TPSA) is 49.3 Å². The second kappa shape index (κ2) is 5.14. The van der Waals surface area contributed by atoms with Crippen molar-refractivity contribution in [3.63, 3.8) is 0 Å². The second-order valence-electron chi connectivity index (χ2n) is 3.00. The molecule has 1 aromatic rings. The first kappa shape index (κ1) is 11.2. The minimum absolute atomic E-state index is 0.0564. The Kier molecular flexibility index (Phi) is 3.85. The predicted octanol–water partition coefficient (Wildman–Crippen LogP) is 2.51. The number of halogens is 1. The fourth-order valence-corrected chi connectivity index (χ4v) is 1.16. The van der Waals surface area contributed by atoms with Gasteiger partial charge in [0.2, 0.25) is 0 Å². The van der Waals surface area contributed by atoms with E-state index >= 15 is 0 Å². The molecule has 0 saturated carbocycles. The zero-order chi connectivity index (χ0) is 11.3. The van der Waals surface area contributed by atoms with Crippen molar-refractivity contribution in [1.29, 1.82) is 0 Å². The molecule has 0 radical (unpaired) electrons. The fraction of sp³-hybridized carbons (Fsp3) is 0.182. The Morgan fingerprint density at radius 2 is 2.33 bits per heavy atom. The summed E-state index contributed by atoms with van der Waals surface area (Å²) in [5.74, 6) is -1.70. The molecule has 80 valence electrons. The Hall–Kier alpha value is -1.84. The van der Waals surface area contributed by atoms with Crippen LogP contribution in [0.4, 0.5) is 10.1 Å². The summed E-state index contributed by atoms with van der Waals surface area (Å²) in [6.45, 7) is 4.13. The molecule has 0 atom stereocenters. The summed E-state index contributed by atoms with van der Waals surface area (Å²) >= 11 is 0. The minimum Gasteiger partial charge on any atom is -0.478 e. The van der Waals surface area contributed by atoms with E-state index in [-0.39, 0.29) is 5.56 Å². The summed E-state index contributed by atoms with van der Waals surface area (Å²) in [7, 11) is 0. The molecule has 3 nitrogen and oxygen atoms in total. The van der Waals surface area contributed by atoms with Crippen LogP contribution in [0.3, 0.4) is 0 Å². The molecule has 2 N–H and O–H groups in total. The molecule has 0 heterocycles. The first-order valence-corrected chi connectivity index (χ1v) is 4.52. The molecule has 0 unspecified atom stereocenters. The Morgan fingerprint density at radius 1 is 1.60 bits per heavy atom. The highest BCUT2D eigenvalue weighted by Crippen LogP contribution is 2.16. The highest BCUT2D eigenvalue weighted by Gasteiger charge is 2.10. The molecular formula is C11H12FNO2. The van der Waals surface area contributed by atoms with Crippen molar-refractivity contribution < 1.29 is 14.3 Å².